The van der Waals surface area contributed by atoms with Crippen LogP contribution in [0.2, 0.25) is 0 Å². The van der Waals surface area contributed by atoms with Crippen LogP contribution in [0.4, 0.5) is 4.79 Å². The molecule has 140 valence electrons. The summed E-state index contributed by atoms with van der Waals surface area (Å²) in [7, 11) is 0. The van der Waals surface area contributed by atoms with Crippen LogP contribution in [0.1, 0.15) is 13.3 Å². The van der Waals surface area contributed by atoms with Crippen LogP contribution < -0.4 is 15.5 Å². The van der Waals surface area contributed by atoms with Crippen LogP contribution in [0.25, 0.3) is 22.3 Å². The molecule has 0 aliphatic heterocycles. The van der Waals surface area contributed by atoms with Gasteiger partial charge in [0.05, 0.1) is 0 Å². The summed E-state index contributed by atoms with van der Waals surface area (Å²) in [6.45, 7) is 2.43. The number of nitrogens with one attached hydrogen (secondary N) is 1. The highest BCUT2D eigenvalue weighted by atomic mass is 16.6. The number of hydrogen-bond acceptors (Lipinski definition) is 7. The Morgan fingerprint density at radius 3 is 2.48 bits per heavy atom. The van der Waals surface area contributed by atoms with Crippen molar-refractivity contribution in [1.82, 2.24) is 5.32 Å². The van der Waals surface area contributed by atoms with Crippen LogP contribution in [-0.2, 0) is 0 Å². The lowest BCUT2D eigenvalue weighted by Gasteiger charge is -2.08. The van der Waals surface area contributed by atoms with Crippen LogP contribution >= 0.6 is 0 Å². The molecule has 2 aromatic carbocycles. The van der Waals surface area contributed by atoms with Crippen molar-refractivity contribution in [1.29, 1.82) is 0 Å². The molecule has 0 saturated heterocycles. The third kappa shape index (κ3) is 3.64. The molecule has 4 N–H and O–H groups in total. The van der Waals surface area contributed by atoms with E-state index in [1.54, 1.807) is 12.1 Å². The predicted octanol–water partition coefficient (Wildman–Crippen LogP) is 3.08. The van der Waals surface area contributed by atoms with Crippen molar-refractivity contribution in [3.8, 4) is 34.3 Å². The molecule has 0 fully saturated rings. The van der Waals surface area contributed by atoms with Crippen molar-refractivity contribution < 1.29 is 29.3 Å². The number of hydrogen-bond donors (Lipinski definition) is 4. The van der Waals surface area contributed by atoms with E-state index in [0.717, 1.165) is 18.6 Å². The lowest BCUT2D eigenvalue weighted by Crippen LogP contribution is -2.27. The Kier molecular flexibility index (Phi) is 4.89. The first kappa shape index (κ1) is 18.1. The van der Waals surface area contributed by atoms with Crippen LogP contribution in [0.5, 0.6) is 23.0 Å². The number of fused-ring (bicyclic) bond motifs is 1. The number of phenols is 3. The Morgan fingerprint density at radius 1 is 1.11 bits per heavy atom. The van der Waals surface area contributed by atoms with Crippen molar-refractivity contribution in [3.05, 3.63) is 46.6 Å². The zero-order valence-corrected chi connectivity index (χ0v) is 14.4. The van der Waals surface area contributed by atoms with Crippen LogP contribution in [0, 0.1) is 0 Å². The predicted molar refractivity (Wildman–Crippen MR) is 97.2 cm³/mol. The fourth-order valence-electron chi connectivity index (χ4n) is 2.48. The summed E-state index contributed by atoms with van der Waals surface area (Å²) in [6.07, 6.45) is 0.227. The second kappa shape index (κ2) is 7.28. The van der Waals surface area contributed by atoms with E-state index in [0.29, 0.717) is 17.9 Å². The van der Waals surface area contributed by atoms with E-state index < -0.39 is 28.8 Å². The largest absolute Gasteiger partial charge is 0.504 e. The molecule has 27 heavy (non-hydrogen) atoms. The van der Waals surface area contributed by atoms with E-state index in [4.69, 9.17) is 9.15 Å². The molecule has 3 rings (SSSR count). The van der Waals surface area contributed by atoms with E-state index in [-0.39, 0.29) is 16.7 Å². The van der Waals surface area contributed by atoms with E-state index >= 15 is 0 Å². The minimum absolute atomic E-state index is 0.0791. The number of rotatable bonds is 4. The average molecular weight is 371 g/mol. The second-order valence-corrected chi connectivity index (χ2v) is 5.78. The van der Waals surface area contributed by atoms with Gasteiger partial charge in [0.2, 0.25) is 5.75 Å². The number of ether oxygens (including phenoxy) is 1. The van der Waals surface area contributed by atoms with Gasteiger partial charge in [-0.3, -0.25) is 4.79 Å². The second-order valence-electron chi connectivity index (χ2n) is 5.78. The van der Waals surface area contributed by atoms with Crippen molar-refractivity contribution >= 4 is 17.1 Å². The van der Waals surface area contributed by atoms with Gasteiger partial charge in [-0.1, -0.05) is 6.92 Å². The Balaban J connectivity index is 1.93. The third-order valence-corrected chi connectivity index (χ3v) is 3.82. The monoisotopic (exact) mass is 371 g/mol. The summed E-state index contributed by atoms with van der Waals surface area (Å²) in [5, 5.41) is 31.3. The molecule has 0 unspecified atom stereocenters. The lowest BCUT2D eigenvalue weighted by molar-refractivity contribution is 0.200. The van der Waals surface area contributed by atoms with Gasteiger partial charge in [-0.15, -0.1) is 0 Å². The highest BCUT2D eigenvalue weighted by Gasteiger charge is 2.17. The van der Waals surface area contributed by atoms with Gasteiger partial charge in [0.25, 0.3) is 0 Å². The van der Waals surface area contributed by atoms with Crippen molar-refractivity contribution in [3.63, 3.8) is 0 Å². The Hall–Kier alpha value is -3.68. The van der Waals surface area contributed by atoms with Crippen molar-refractivity contribution in [2.75, 3.05) is 6.54 Å². The molecule has 3 aromatic rings. The van der Waals surface area contributed by atoms with Gasteiger partial charge in [-0.2, -0.15) is 0 Å². The maximum atomic E-state index is 12.3. The summed E-state index contributed by atoms with van der Waals surface area (Å²) in [6, 6.07) is 8.46. The number of carbonyl (C=O) groups is 1. The van der Waals surface area contributed by atoms with Crippen LogP contribution in [0.15, 0.2) is 45.6 Å². The van der Waals surface area contributed by atoms with Gasteiger partial charge in [-0.25, -0.2) is 4.79 Å². The highest BCUT2D eigenvalue weighted by Crippen LogP contribution is 2.40. The number of benzene rings is 2. The Bertz CT molecular complexity index is 1050. The first-order valence-corrected chi connectivity index (χ1v) is 8.18. The smallest absolute Gasteiger partial charge is 0.412 e. The highest BCUT2D eigenvalue weighted by molar-refractivity contribution is 5.89. The number of aromatic hydroxyl groups is 3. The molecule has 0 atom stereocenters. The molecule has 0 radical (unpaired) electrons. The maximum Gasteiger partial charge on any atom is 0.412 e. The summed E-state index contributed by atoms with van der Waals surface area (Å²) >= 11 is 0. The molecular formula is C19H17NO7. The van der Waals surface area contributed by atoms with Gasteiger partial charge in [0.15, 0.2) is 16.9 Å². The molecule has 0 aliphatic rings. The summed E-state index contributed by atoms with van der Waals surface area (Å²) in [4.78, 5) is 23.8. The first-order valence-electron chi connectivity index (χ1n) is 8.18. The molecular weight excluding hydrogens is 354 g/mol. The average Bonchev–Trinajstić information content (AvgIpc) is 2.64. The summed E-state index contributed by atoms with van der Waals surface area (Å²) in [5.41, 5.74) is -0.148. The quantitative estimate of drug-likeness (QED) is 0.519. The number of amides is 1. The third-order valence-electron chi connectivity index (χ3n) is 3.82. The molecule has 0 bridgehead atoms. The standard InChI is InChI=1S/C19H17NO7/c1-2-7-20-19(25)26-11-5-3-10(4-6-11)14-8-12(21)16-15(27-14)9-13(22)17(23)18(16)24/h3-6,8-9,22-24H,2,7H2,1H3,(H,20,25). The van der Waals surface area contributed by atoms with Crippen LogP contribution in [-0.4, -0.2) is 28.0 Å². The molecule has 0 saturated carbocycles. The topological polar surface area (TPSA) is 129 Å². The summed E-state index contributed by atoms with van der Waals surface area (Å²) < 4.78 is 10.7. The minimum Gasteiger partial charge on any atom is -0.504 e. The normalized spacial score (nSPS) is 10.7. The van der Waals surface area contributed by atoms with E-state index in [1.165, 1.54) is 12.1 Å². The van der Waals surface area contributed by atoms with Crippen molar-refractivity contribution in [2.45, 2.75) is 13.3 Å². The molecule has 0 spiro atoms. The van der Waals surface area contributed by atoms with E-state index in [2.05, 4.69) is 5.32 Å². The van der Waals surface area contributed by atoms with E-state index in [9.17, 15) is 24.9 Å². The van der Waals surface area contributed by atoms with Gasteiger partial charge in [0.1, 0.15) is 22.5 Å². The maximum absolute atomic E-state index is 12.3. The number of phenolic OH excluding ortho intramolecular Hbond substituents is 3. The molecule has 8 nitrogen and oxygen atoms in total. The van der Waals surface area contributed by atoms with Gasteiger partial charge in [-0.05, 0) is 30.7 Å². The molecule has 8 heteroatoms. The molecule has 1 heterocycles. The SMILES string of the molecule is CCCNC(=O)Oc1ccc(-c2cc(=O)c3c(O)c(O)c(O)cc3o2)cc1. The molecule has 1 aromatic heterocycles. The Morgan fingerprint density at radius 2 is 1.81 bits per heavy atom. The van der Waals surface area contributed by atoms with Gasteiger partial charge >= 0.3 is 6.09 Å². The number of carbonyl (C=O) groups excluding carboxylic acids is 1. The summed E-state index contributed by atoms with van der Waals surface area (Å²) in [5.74, 6) is -1.64. The van der Waals surface area contributed by atoms with E-state index in [1.807, 2.05) is 6.92 Å². The Labute approximate surface area is 153 Å². The van der Waals surface area contributed by atoms with Crippen molar-refractivity contribution in [2.24, 2.45) is 0 Å². The van der Waals surface area contributed by atoms with Crippen LogP contribution in [0.3, 0.4) is 0 Å². The zero-order valence-electron chi connectivity index (χ0n) is 14.4. The van der Waals surface area contributed by atoms with Gasteiger partial charge in [0, 0.05) is 24.2 Å². The minimum atomic E-state index is -0.787. The first-order chi connectivity index (χ1) is 12.9. The lowest BCUT2D eigenvalue weighted by atomic mass is 10.1. The zero-order chi connectivity index (χ0) is 19.6. The van der Waals surface area contributed by atoms with Gasteiger partial charge < -0.3 is 29.8 Å². The molecule has 1 amide bonds. The fraction of sp³-hybridized carbons (Fsp3) is 0.158. The molecule has 0 aliphatic carbocycles. The fourth-order valence-corrected chi connectivity index (χ4v) is 2.48.